The third kappa shape index (κ3) is 3.29. The molecule has 128 valence electrons. The summed E-state index contributed by atoms with van der Waals surface area (Å²) in [6, 6.07) is 9.22. The summed E-state index contributed by atoms with van der Waals surface area (Å²) in [4.78, 5) is 23.5. The van der Waals surface area contributed by atoms with Gasteiger partial charge in [-0.25, -0.2) is 9.78 Å². The van der Waals surface area contributed by atoms with Crippen LogP contribution in [-0.2, 0) is 0 Å². The first-order chi connectivity index (χ1) is 12.3. The second-order valence-electron chi connectivity index (χ2n) is 5.99. The van der Waals surface area contributed by atoms with Gasteiger partial charge >= 0.3 is 6.03 Å². The molecular formula is C17H19N7O. The molecule has 1 saturated heterocycles. The molecule has 0 aliphatic carbocycles. The molecule has 8 nitrogen and oxygen atoms in total. The van der Waals surface area contributed by atoms with E-state index in [2.05, 4.69) is 30.8 Å². The van der Waals surface area contributed by atoms with Crippen molar-refractivity contribution in [2.75, 3.05) is 23.3 Å². The Morgan fingerprint density at radius 3 is 2.76 bits per heavy atom. The molecule has 2 amide bonds. The topological polar surface area (TPSA) is 98.8 Å². The largest absolute Gasteiger partial charge is 0.328 e. The van der Waals surface area contributed by atoms with Gasteiger partial charge in [0.2, 0.25) is 5.95 Å². The van der Waals surface area contributed by atoms with E-state index in [1.165, 1.54) is 0 Å². The van der Waals surface area contributed by atoms with Gasteiger partial charge in [-0.1, -0.05) is 18.2 Å². The van der Waals surface area contributed by atoms with Crippen LogP contribution in [0.15, 0.2) is 42.7 Å². The van der Waals surface area contributed by atoms with Gasteiger partial charge in [-0.3, -0.25) is 10.00 Å². The molecule has 2 aromatic heterocycles. The van der Waals surface area contributed by atoms with E-state index >= 15 is 0 Å². The molecule has 1 fully saturated rings. The van der Waals surface area contributed by atoms with E-state index in [-0.39, 0.29) is 12.1 Å². The molecule has 0 atom stereocenters. The lowest BCUT2D eigenvalue weighted by atomic mass is 10.1. The Kier molecular flexibility index (Phi) is 4.26. The van der Waals surface area contributed by atoms with Crippen molar-refractivity contribution in [3.63, 3.8) is 0 Å². The highest BCUT2D eigenvalue weighted by atomic mass is 16.2. The van der Waals surface area contributed by atoms with Crippen molar-refractivity contribution < 1.29 is 4.79 Å². The Morgan fingerprint density at radius 2 is 1.96 bits per heavy atom. The van der Waals surface area contributed by atoms with Crippen molar-refractivity contribution in [2.45, 2.75) is 18.9 Å². The van der Waals surface area contributed by atoms with Crippen LogP contribution < -0.4 is 15.5 Å². The molecule has 1 aliphatic rings. The predicted molar refractivity (Wildman–Crippen MR) is 95.5 cm³/mol. The zero-order chi connectivity index (χ0) is 17.1. The summed E-state index contributed by atoms with van der Waals surface area (Å²) in [5.41, 5.74) is 1.37. The number of para-hydroxylation sites is 1. The van der Waals surface area contributed by atoms with Gasteiger partial charge in [0.05, 0.1) is 11.6 Å². The summed E-state index contributed by atoms with van der Waals surface area (Å²) < 4.78 is 0. The second kappa shape index (κ2) is 6.86. The first-order valence-electron chi connectivity index (χ1n) is 8.33. The Hall–Kier alpha value is -3.00. The SMILES string of the molecule is O=C(Nc1ccccc1)N(c1ncc2cn[nH]c2n1)C1CCNCC1. The molecule has 3 N–H and O–H groups in total. The van der Waals surface area contributed by atoms with Crippen LogP contribution in [-0.4, -0.2) is 45.3 Å². The van der Waals surface area contributed by atoms with Gasteiger partial charge in [0, 0.05) is 17.9 Å². The van der Waals surface area contributed by atoms with Crippen LogP contribution in [0.1, 0.15) is 12.8 Å². The number of nitrogens with zero attached hydrogens (tertiary/aromatic N) is 4. The summed E-state index contributed by atoms with van der Waals surface area (Å²) in [5, 5.41) is 13.9. The Labute approximate surface area is 144 Å². The number of aromatic amines is 1. The predicted octanol–water partition coefficient (Wildman–Crippen LogP) is 2.14. The van der Waals surface area contributed by atoms with E-state index in [9.17, 15) is 4.79 Å². The average molecular weight is 337 g/mol. The molecule has 3 aromatic rings. The van der Waals surface area contributed by atoms with Crippen molar-refractivity contribution in [3.05, 3.63) is 42.7 Å². The zero-order valence-electron chi connectivity index (χ0n) is 13.6. The third-order valence-corrected chi connectivity index (χ3v) is 4.31. The van der Waals surface area contributed by atoms with Gasteiger partial charge in [0.1, 0.15) is 0 Å². The number of carbonyl (C=O) groups is 1. The van der Waals surface area contributed by atoms with Crippen molar-refractivity contribution >= 4 is 28.7 Å². The fraction of sp³-hybridized carbons (Fsp3) is 0.294. The molecule has 1 aliphatic heterocycles. The number of hydrogen-bond acceptors (Lipinski definition) is 5. The standard InChI is InChI=1S/C17H19N7O/c25-17(21-13-4-2-1-3-5-13)24(14-6-8-18-9-7-14)16-19-10-12-11-20-23-15(12)22-16/h1-5,10-11,14,18H,6-9H2,(H,21,25)(H,19,20,22,23). The molecular weight excluding hydrogens is 318 g/mol. The maximum Gasteiger partial charge on any atom is 0.328 e. The van der Waals surface area contributed by atoms with Crippen LogP contribution in [0.5, 0.6) is 0 Å². The minimum absolute atomic E-state index is 0.0466. The van der Waals surface area contributed by atoms with Crippen LogP contribution in [0, 0.1) is 0 Å². The number of amides is 2. The normalized spacial score (nSPS) is 15.2. The lowest BCUT2D eigenvalue weighted by molar-refractivity contribution is 0.252. The monoisotopic (exact) mass is 337 g/mol. The number of aromatic nitrogens is 4. The summed E-state index contributed by atoms with van der Waals surface area (Å²) >= 11 is 0. The summed E-state index contributed by atoms with van der Waals surface area (Å²) in [6.07, 6.45) is 5.06. The number of urea groups is 1. The van der Waals surface area contributed by atoms with E-state index < -0.39 is 0 Å². The number of rotatable bonds is 3. The molecule has 0 radical (unpaired) electrons. The maximum absolute atomic E-state index is 13.0. The minimum Gasteiger partial charge on any atom is -0.317 e. The number of nitrogens with one attached hydrogen (secondary N) is 3. The number of fused-ring (bicyclic) bond motifs is 1. The van der Waals surface area contributed by atoms with Crippen LogP contribution in [0.4, 0.5) is 16.4 Å². The summed E-state index contributed by atoms with van der Waals surface area (Å²) in [6.45, 7) is 1.73. The quantitative estimate of drug-likeness (QED) is 0.680. The number of benzene rings is 1. The van der Waals surface area contributed by atoms with Crippen molar-refractivity contribution in [2.24, 2.45) is 0 Å². The van der Waals surface area contributed by atoms with Gasteiger partial charge in [0.15, 0.2) is 5.65 Å². The van der Waals surface area contributed by atoms with Crippen LogP contribution in [0.2, 0.25) is 0 Å². The van der Waals surface area contributed by atoms with E-state index in [1.54, 1.807) is 17.3 Å². The number of H-pyrrole nitrogens is 1. The molecule has 3 heterocycles. The van der Waals surface area contributed by atoms with Gasteiger partial charge in [0.25, 0.3) is 0 Å². The van der Waals surface area contributed by atoms with E-state index in [1.807, 2.05) is 30.3 Å². The highest BCUT2D eigenvalue weighted by Crippen LogP contribution is 2.21. The molecule has 1 aromatic carbocycles. The van der Waals surface area contributed by atoms with Crippen LogP contribution >= 0.6 is 0 Å². The van der Waals surface area contributed by atoms with Gasteiger partial charge in [-0.2, -0.15) is 10.1 Å². The molecule has 0 saturated carbocycles. The van der Waals surface area contributed by atoms with Gasteiger partial charge in [-0.15, -0.1) is 0 Å². The Morgan fingerprint density at radius 1 is 1.16 bits per heavy atom. The van der Waals surface area contributed by atoms with Gasteiger partial charge in [-0.05, 0) is 38.1 Å². The fourth-order valence-electron chi connectivity index (χ4n) is 3.03. The molecule has 0 spiro atoms. The summed E-state index contributed by atoms with van der Waals surface area (Å²) in [7, 11) is 0. The Balaban J connectivity index is 1.66. The Bertz CT molecular complexity index is 858. The van der Waals surface area contributed by atoms with Crippen molar-refractivity contribution in [1.29, 1.82) is 0 Å². The first-order valence-corrected chi connectivity index (χ1v) is 8.33. The zero-order valence-corrected chi connectivity index (χ0v) is 13.6. The fourth-order valence-corrected chi connectivity index (χ4v) is 3.03. The van der Waals surface area contributed by atoms with Crippen molar-refractivity contribution in [3.8, 4) is 0 Å². The third-order valence-electron chi connectivity index (χ3n) is 4.31. The molecule has 0 unspecified atom stereocenters. The van der Waals surface area contributed by atoms with Crippen LogP contribution in [0.3, 0.4) is 0 Å². The van der Waals surface area contributed by atoms with Gasteiger partial charge < -0.3 is 10.6 Å². The minimum atomic E-state index is -0.225. The smallest absolute Gasteiger partial charge is 0.317 e. The van der Waals surface area contributed by atoms with E-state index in [4.69, 9.17) is 0 Å². The maximum atomic E-state index is 13.0. The molecule has 25 heavy (non-hydrogen) atoms. The van der Waals surface area contributed by atoms with Crippen LogP contribution in [0.25, 0.3) is 11.0 Å². The highest BCUT2D eigenvalue weighted by Gasteiger charge is 2.29. The molecule has 4 rings (SSSR count). The number of piperidine rings is 1. The van der Waals surface area contributed by atoms with Crippen molar-refractivity contribution in [1.82, 2.24) is 25.5 Å². The average Bonchev–Trinajstić information content (AvgIpc) is 3.11. The van der Waals surface area contributed by atoms with E-state index in [0.29, 0.717) is 11.6 Å². The van der Waals surface area contributed by atoms with E-state index in [0.717, 1.165) is 37.0 Å². The number of hydrogen-bond donors (Lipinski definition) is 3. The first kappa shape index (κ1) is 15.5. The lowest BCUT2D eigenvalue weighted by Gasteiger charge is -2.33. The number of anilines is 2. The lowest BCUT2D eigenvalue weighted by Crippen LogP contribution is -2.48. The summed E-state index contributed by atoms with van der Waals surface area (Å²) in [5.74, 6) is 0.386. The number of carbonyl (C=O) groups excluding carboxylic acids is 1. The highest BCUT2D eigenvalue weighted by molar-refractivity contribution is 6.01. The second-order valence-corrected chi connectivity index (χ2v) is 5.99. The molecule has 8 heteroatoms. The molecule has 0 bridgehead atoms.